The highest BCUT2D eigenvalue weighted by Gasteiger charge is 2.05. The Balaban J connectivity index is 1.88. The molecule has 0 fully saturated rings. The molecule has 1 aromatic heterocycles. The van der Waals surface area contributed by atoms with Crippen LogP contribution in [-0.2, 0) is 0 Å². The minimum absolute atomic E-state index is 0.244. The Bertz CT molecular complexity index is 553. The van der Waals surface area contributed by atoms with E-state index in [0.717, 1.165) is 0 Å². The molecule has 0 amide bonds. The quantitative estimate of drug-likeness (QED) is 0.845. The molecule has 19 heavy (non-hydrogen) atoms. The fourth-order valence-corrected chi connectivity index (χ4v) is 1.63. The van der Waals surface area contributed by atoms with E-state index < -0.39 is 0 Å². The van der Waals surface area contributed by atoms with Gasteiger partial charge in [0.25, 0.3) is 0 Å². The van der Waals surface area contributed by atoms with Gasteiger partial charge in [-0.05, 0) is 12.1 Å². The van der Waals surface area contributed by atoms with Crippen molar-refractivity contribution in [3.63, 3.8) is 0 Å². The molecule has 1 aromatic carbocycles. The fourth-order valence-electron chi connectivity index (χ4n) is 1.49. The van der Waals surface area contributed by atoms with Gasteiger partial charge in [-0.25, -0.2) is 9.37 Å². The lowest BCUT2D eigenvalue weighted by molar-refractivity contribution is 0.309. The molecule has 4 nitrogen and oxygen atoms in total. The summed E-state index contributed by atoms with van der Waals surface area (Å²) in [6.45, 7) is 0.884. The van der Waals surface area contributed by atoms with Crippen molar-refractivity contribution in [3.8, 4) is 5.75 Å². The molecule has 0 N–H and O–H groups in total. The Hall–Kier alpha value is -1.88. The summed E-state index contributed by atoms with van der Waals surface area (Å²) in [7, 11) is 1.84. The largest absolute Gasteiger partial charge is 0.489 e. The average Bonchev–Trinajstić information content (AvgIpc) is 2.41. The van der Waals surface area contributed by atoms with Crippen molar-refractivity contribution in [2.24, 2.45) is 0 Å². The number of benzene rings is 1. The van der Waals surface area contributed by atoms with Crippen LogP contribution in [0.25, 0.3) is 0 Å². The zero-order valence-corrected chi connectivity index (χ0v) is 11.1. The van der Waals surface area contributed by atoms with Crippen molar-refractivity contribution in [3.05, 3.63) is 47.6 Å². The van der Waals surface area contributed by atoms with E-state index in [9.17, 15) is 4.39 Å². The van der Waals surface area contributed by atoms with Crippen LogP contribution in [0.5, 0.6) is 5.75 Å². The first-order valence-corrected chi connectivity index (χ1v) is 6.10. The zero-order valence-electron chi connectivity index (χ0n) is 10.4. The predicted octanol–water partition coefficient (Wildman–Crippen LogP) is 2.78. The maximum Gasteiger partial charge on any atom is 0.165 e. The number of rotatable bonds is 5. The number of aromatic nitrogens is 2. The molecule has 2 rings (SSSR count). The summed E-state index contributed by atoms with van der Waals surface area (Å²) in [4.78, 5) is 9.90. The summed E-state index contributed by atoms with van der Waals surface area (Å²) < 4.78 is 18.7. The summed E-state index contributed by atoms with van der Waals surface area (Å²) in [5.41, 5.74) is 0. The van der Waals surface area contributed by atoms with Crippen molar-refractivity contribution < 1.29 is 9.13 Å². The molecule has 0 aliphatic rings. The van der Waals surface area contributed by atoms with Crippen LogP contribution < -0.4 is 9.64 Å². The molecule has 0 saturated heterocycles. The van der Waals surface area contributed by atoms with Gasteiger partial charge >= 0.3 is 0 Å². The molecule has 0 unspecified atom stereocenters. The SMILES string of the molecule is CN(CCOc1ccccc1F)c1cncc(Cl)n1. The molecular formula is C13H13ClFN3O. The third kappa shape index (κ3) is 3.79. The highest BCUT2D eigenvalue weighted by molar-refractivity contribution is 6.29. The smallest absolute Gasteiger partial charge is 0.165 e. The molecule has 0 radical (unpaired) electrons. The highest BCUT2D eigenvalue weighted by atomic mass is 35.5. The van der Waals surface area contributed by atoms with E-state index in [1.165, 1.54) is 12.3 Å². The summed E-state index contributed by atoms with van der Waals surface area (Å²) in [5.74, 6) is 0.519. The monoisotopic (exact) mass is 281 g/mol. The van der Waals surface area contributed by atoms with Crippen molar-refractivity contribution in [2.75, 3.05) is 25.1 Å². The van der Waals surface area contributed by atoms with Crippen LogP contribution in [-0.4, -0.2) is 30.2 Å². The lowest BCUT2D eigenvalue weighted by Crippen LogP contribution is -2.24. The van der Waals surface area contributed by atoms with E-state index in [4.69, 9.17) is 16.3 Å². The minimum Gasteiger partial charge on any atom is -0.489 e. The second kappa shape index (κ2) is 6.33. The molecule has 1 heterocycles. The van der Waals surface area contributed by atoms with Crippen LogP contribution >= 0.6 is 11.6 Å². The van der Waals surface area contributed by atoms with E-state index in [1.807, 2.05) is 11.9 Å². The minimum atomic E-state index is -0.368. The van der Waals surface area contributed by atoms with E-state index in [0.29, 0.717) is 24.1 Å². The van der Waals surface area contributed by atoms with E-state index in [2.05, 4.69) is 9.97 Å². The van der Waals surface area contributed by atoms with Crippen LogP contribution in [0.3, 0.4) is 0 Å². The molecule has 0 aliphatic heterocycles. The second-order valence-electron chi connectivity index (χ2n) is 3.90. The number of para-hydroxylation sites is 1. The van der Waals surface area contributed by atoms with Gasteiger partial charge in [0.05, 0.1) is 18.9 Å². The van der Waals surface area contributed by atoms with Crippen molar-refractivity contribution in [2.45, 2.75) is 0 Å². The Labute approximate surface area is 115 Å². The summed E-state index contributed by atoms with van der Waals surface area (Å²) in [6.07, 6.45) is 3.07. The number of halogens is 2. The maximum absolute atomic E-state index is 13.3. The number of hydrogen-bond donors (Lipinski definition) is 0. The van der Waals surface area contributed by atoms with Crippen LogP contribution in [0.4, 0.5) is 10.2 Å². The van der Waals surface area contributed by atoms with Crippen LogP contribution in [0.1, 0.15) is 0 Å². The molecule has 0 bridgehead atoms. The van der Waals surface area contributed by atoms with Gasteiger partial charge in [-0.3, -0.25) is 4.98 Å². The molecule has 0 spiro atoms. The summed E-state index contributed by atoms with van der Waals surface area (Å²) >= 11 is 5.76. The number of anilines is 1. The van der Waals surface area contributed by atoms with Gasteiger partial charge in [0.1, 0.15) is 17.6 Å². The molecule has 0 aliphatic carbocycles. The first-order chi connectivity index (χ1) is 9.16. The van der Waals surface area contributed by atoms with Crippen molar-refractivity contribution in [1.82, 2.24) is 9.97 Å². The van der Waals surface area contributed by atoms with Gasteiger partial charge in [-0.2, -0.15) is 0 Å². The third-order valence-corrected chi connectivity index (χ3v) is 2.69. The van der Waals surface area contributed by atoms with Gasteiger partial charge in [-0.15, -0.1) is 0 Å². The molecule has 0 saturated carbocycles. The van der Waals surface area contributed by atoms with Gasteiger partial charge in [0, 0.05) is 7.05 Å². The van der Waals surface area contributed by atoms with E-state index in [-0.39, 0.29) is 11.6 Å². The maximum atomic E-state index is 13.3. The first-order valence-electron chi connectivity index (χ1n) is 5.73. The van der Waals surface area contributed by atoms with Crippen LogP contribution in [0.15, 0.2) is 36.7 Å². The van der Waals surface area contributed by atoms with Gasteiger partial charge in [-0.1, -0.05) is 23.7 Å². The Morgan fingerprint density at radius 1 is 1.32 bits per heavy atom. The fraction of sp³-hybridized carbons (Fsp3) is 0.231. The number of likely N-dealkylation sites (N-methyl/N-ethyl adjacent to an activating group) is 1. The number of nitrogens with zero attached hydrogens (tertiary/aromatic N) is 3. The topological polar surface area (TPSA) is 38.2 Å². The molecule has 6 heteroatoms. The van der Waals surface area contributed by atoms with Crippen LogP contribution in [0, 0.1) is 5.82 Å². The Morgan fingerprint density at radius 2 is 2.11 bits per heavy atom. The molecule has 100 valence electrons. The van der Waals surface area contributed by atoms with E-state index in [1.54, 1.807) is 24.4 Å². The van der Waals surface area contributed by atoms with Crippen molar-refractivity contribution >= 4 is 17.4 Å². The number of ether oxygens (including phenoxy) is 1. The number of hydrogen-bond acceptors (Lipinski definition) is 4. The second-order valence-corrected chi connectivity index (χ2v) is 4.29. The van der Waals surface area contributed by atoms with E-state index >= 15 is 0 Å². The molecule has 0 atom stereocenters. The zero-order chi connectivity index (χ0) is 13.7. The predicted molar refractivity (Wildman–Crippen MR) is 72.2 cm³/mol. The molecular weight excluding hydrogens is 269 g/mol. The Kier molecular flexibility index (Phi) is 4.52. The highest BCUT2D eigenvalue weighted by Crippen LogP contribution is 2.15. The lowest BCUT2D eigenvalue weighted by Gasteiger charge is -2.18. The average molecular weight is 282 g/mol. The summed E-state index contributed by atoms with van der Waals surface area (Å²) in [6, 6.07) is 6.30. The standard InChI is InChI=1S/C13H13ClFN3O/c1-18(13-9-16-8-12(14)17-13)6-7-19-11-5-3-2-4-10(11)15/h2-5,8-9H,6-7H2,1H3. The third-order valence-electron chi connectivity index (χ3n) is 2.50. The lowest BCUT2D eigenvalue weighted by atomic mass is 10.3. The van der Waals surface area contributed by atoms with Gasteiger partial charge in [0.2, 0.25) is 0 Å². The van der Waals surface area contributed by atoms with Crippen LogP contribution in [0.2, 0.25) is 5.15 Å². The van der Waals surface area contributed by atoms with Crippen molar-refractivity contribution in [1.29, 1.82) is 0 Å². The Morgan fingerprint density at radius 3 is 2.84 bits per heavy atom. The van der Waals surface area contributed by atoms with Gasteiger partial charge < -0.3 is 9.64 Å². The first kappa shape index (κ1) is 13.5. The molecule has 2 aromatic rings. The summed E-state index contributed by atoms with van der Waals surface area (Å²) in [5, 5.41) is 0.333. The van der Waals surface area contributed by atoms with Gasteiger partial charge in [0.15, 0.2) is 11.6 Å². The normalized spacial score (nSPS) is 10.3.